The first-order chi connectivity index (χ1) is 14.0. The van der Waals surface area contributed by atoms with Crippen molar-refractivity contribution < 1.29 is 4.79 Å². The van der Waals surface area contributed by atoms with Gasteiger partial charge in [-0.05, 0) is 38.1 Å². The number of aryl methyl sites for hydroxylation is 2. The van der Waals surface area contributed by atoms with Crippen LogP contribution in [0.4, 0.5) is 5.69 Å². The fourth-order valence-electron chi connectivity index (χ4n) is 2.77. The maximum Gasteiger partial charge on any atom is 0.275 e. The summed E-state index contributed by atoms with van der Waals surface area (Å²) in [4.78, 5) is 30.8. The van der Waals surface area contributed by atoms with Gasteiger partial charge in [-0.3, -0.25) is 9.59 Å². The molecule has 0 saturated carbocycles. The lowest BCUT2D eigenvalue weighted by Crippen LogP contribution is -2.15. The number of hydrogen-bond donors (Lipinski definition) is 1. The molecule has 8 heteroatoms. The Morgan fingerprint density at radius 1 is 1.14 bits per heavy atom. The van der Waals surface area contributed by atoms with E-state index in [1.54, 1.807) is 0 Å². The normalized spacial score (nSPS) is 11.0. The van der Waals surface area contributed by atoms with Crippen molar-refractivity contribution in [1.29, 1.82) is 0 Å². The lowest BCUT2D eigenvalue weighted by atomic mass is 10.1. The van der Waals surface area contributed by atoms with E-state index < -0.39 is 0 Å². The van der Waals surface area contributed by atoms with Gasteiger partial charge in [0.25, 0.3) is 11.5 Å². The summed E-state index contributed by atoms with van der Waals surface area (Å²) in [6, 6.07) is 16.6. The Morgan fingerprint density at radius 2 is 1.90 bits per heavy atom. The van der Waals surface area contributed by atoms with Gasteiger partial charge in [0.2, 0.25) is 4.96 Å². The van der Waals surface area contributed by atoms with Gasteiger partial charge in [0.05, 0.1) is 11.4 Å². The van der Waals surface area contributed by atoms with Crippen LogP contribution < -0.4 is 10.9 Å². The van der Waals surface area contributed by atoms with Crippen molar-refractivity contribution in [1.82, 2.24) is 14.6 Å². The fraction of sp³-hybridized carbons (Fsp3) is 0.143. The Kier molecular flexibility index (Phi) is 5.46. The fourth-order valence-corrected chi connectivity index (χ4v) is 4.44. The molecule has 0 spiro atoms. The van der Waals surface area contributed by atoms with Crippen LogP contribution in [0.1, 0.15) is 26.6 Å². The van der Waals surface area contributed by atoms with Crippen molar-refractivity contribution in [3.63, 3.8) is 0 Å². The second-order valence-electron chi connectivity index (χ2n) is 6.51. The molecule has 0 bridgehead atoms. The van der Waals surface area contributed by atoms with Crippen LogP contribution in [-0.4, -0.2) is 20.5 Å². The quantitative estimate of drug-likeness (QED) is 0.485. The lowest BCUT2D eigenvalue weighted by Gasteiger charge is -2.11. The van der Waals surface area contributed by atoms with Gasteiger partial charge in [-0.1, -0.05) is 41.2 Å². The predicted molar refractivity (Wildman–Crippen MR) is 117 cm³/mol. The maximum absolute atomic E-state index is 12.6. The van der Waals surface area contributed by atoms with Gasteiger partial charge in [-0.15, -0.1) is 11.8 Å². The summed E-state index contributed by atoms with van der Waals surface area (Å²) in [5.74, 6) is 0.357. The number of carbonyl (C=O) groups is 1. The van der Waals surface area contributed by atoms with Crippen LogP contribution >= 0.6 is 23.1 Å². The molecule has 0 saturated heterocycles. The number of nitrogens with zero attached hydrogens (tertiary/aromatic N) is 3. The van der Waals surface area contributed by atoms with Crippen LogP contribution in [0.3, 0.4) is 0 Å². The molecule has 2 heterocycles. The Hall–Kier alpha value is -2.97. The van der Waals surface area contributed by atoms with E-state index in [4.69, 9.17) is 0 Å². The van der Waals surface area contributed by atoms with Crippen molar-refractivity contribution in [2.24, 2.45) is 0 Å². The molecule has 6 nitrogen and oxygen atoms in total. The summed E-state index contributed by atoms with van der Waals surface area (Å²) in [6.45, 7) is 3.83. The second-order valence-corrected chi connectivity index (χ2v) is 8.68. The number of nitrogens with one attached hydrogen (secondary N) is 1. The summed E-state index contributed by atoms with van der Waals surface area (Å²) < 4.78 is 1.32. The SMILES string of the molecule is Cc1ccc(C(=O)Nc2ccccc2SCc2cc(=O)n3nc(C)sc3n2)cc1. The number of anilines is 1. The van der Waals surface area contributed by atoms with Crippen molar-refractivity contribution in [3.8, 4) is 0 Å². The smallest absolute Gasteiger partial charge is 0.275 e. The molecule has 0 radical (unpaired) electrons. The number of rotatable bonds is 5. The Morgan fingerprint density at radius 3 is 2.69 bits per heavy atom. The highest BCUT2D eigenvalue weighted by Crippen LogP contribution is 2.29. The number of thioether (sulfide) groups is 1. The Balaban J connectivity index is 1.52. The predicted octanol–water partition coefficient (Wildman–Crippen LogP) is 4.31. The largest absolute Gasteiger partial charge is 0.321 e. The van der Waals surface area contributed by atoms with Crippen LogP contribution in [0, 0.1) is 13.8 Å². The van der Waals surface area contributed by atoms with Crippen molar-refractivity contribution in [3.05, 3.63) is 86.8 Å². The van der Waals surface area contributed by atoms with Crippen LogP contribution in [0.5, 0.6) is 0 Å². The number of hydrogen-bond acceptors (Lipinski definition) is 6. The van der Waals surface area contributed by atoms with Crippen LogP contribution in [-0.2, 0) is 5.75 Å². The Labute approximate surface area is 175 Å². The van der Waals surface area contributed by atoms with Gasteiger partial charge >= 0.3 is 0 Å². The monoisotopic (exact) mass is 422 g/mol. The molecule has 0 fully saturated rings. The van der Waals surface area contributed by atoms with E-state index in [9.17, 15) is 9.59 Å². The van der Waals surface area contributed by atoms with E-state index in [1.807, 2.05) is 62.4 Å². The van der Waals surface area contributed by atoms with Crippen LogP contribution in [0.2, 0.25) is 0 Å². The molecule has 2 aromatic heterocycles. The first-order valence-electron chi connectivity index (χ1n) is 8.96. The molecule has 0 unspecified atom stereocenters. The molecule has 1 amide bonds. The van der Waals surface area contributed by atoms with E-state index in [-0.39, 0.29) is 11.5 Å². The zero-order valence-corrected chi connectivity index (χ0v) is 17.5. The minimum atomic E-state index is -0.184. The molecule has 146 valence electrons. The number of benzene rings is 2. The number of para-hydroxylation sites is 1. The molecule has 4 aromatic rings. The molecule has 2 aromatic carbocycles. The third-order valence-corrected chi connectivity index (χ3v) is 6.15. The topological polar surface area (TPSA) is 76.4 Å². The number of aromatic nitrogens is 3. The summed E-state index contributed by atoms with van der Waals surface area (Å²) >= 11 is 2.91. The number of amides is 1. The van der Waals surface area contributed by atoms with Crippen LogP contribution in [0.25, 0.3) is 4.96 Å². The summed E-state index contributed by atoms with van der Waals surface area (Å²) in [5, 5.41) is 7.93. The lowest BCUT2D eigenvalue weighted by molar-refractivity contribution is 0.102. The highest BCUT2D eigenvalue weighted by Gasteiger charge is 2.11. The molecular weight excluding hydrogens is 404 g/mol. The minimum absolute atomic E-state index is 0.157. The van der Waals surface area contributed by atoms with Gasteiger partial charge in [-0.25, -0.2) is 4.98 Å². The second kappa shape index (κ2) is 8.18. The highest BCUT2D eigenvalue weighted by atomic mass is 32.2. The molecule has 0 aliphatic carbocycles. The van der Waals surface area contributed by atoms with E-state index in [0.717, 1.165) is 21.2 Å². The molecule has 29 heavy (non-hydrogen) atoms. The summed E-state index contributed by atoms with van der Waals surface area (Å²) in [7, 11) is 0. The first kappa shape index (κ1) is 19.4. The molecular formula is C21H18N4O2S2. The average Bonchev–Trinajstić information content (AvgIpc) is 3.08. The zero-order chi connectivity index (χ0) is 20.4. The minimum Gasteiger partial charge on any atom is -0.321 e. The van der Waals surface area contributed by atoms with Crippen molar-refractivity contribution in [2.75, 3.05) is 5.32 Å². The molecule has 0 aliphatic rings. The van der Waals surface area contributed by atoms with E-state index >= 15 is 0 Å². The van der Waals surface area contributed by atoms with Gasteiger partial charge < -0.3 is 5.32 Å². The molecule has 0 aliphatic heterocycles. The van der Waals surface area contributed by atoms with E-state index in [2.05, 4.69) is 15.4 Å². The van der Waals surface area contributed by atoms with Gasteiger partial charge in [0.1, 0.15) is 5.01 Å². The summed E-state index contributed by atoms with van der Waals surface area (Å²) in [6.07, 6.45) is 0. The summed E-state index contributed by atoms with van der Waals surface area (Å²) in [5.41, 5.74) is 2.94. The van der Waals surface area contributed by atoms with E-state index in [0.29, 0.717) is 22.0 Å². The third kappa shape index (κ3) is 4.38. The van der Waals surface area contributed by atoms with Gasteiger partial charge in [-0.2, -0.15) is 9.61 Å². The zero-order valence-electron chi connectivity index (χ0n) is 15.9. The third-order valence-electron chi connectivity index (χ3n) is 4.22. The van der Waals surface area contributed by atoms with E-state index in [1.165, 1.54) is 33.7 Å². The molecule has 1 N–H and O–H groups in total. The number of fused-ring (bicyclic) bond motifs is 1. The van der Waals surface area contributed by atoms with Gasteiger partial charge in [0.15, 0.2) is 0 Å². The highest BCUT2D eigenvalue weighted by molar-refractivity contribution is 7.98. The van der Waals surface area contributed by atoms with Crippen LogP contribution in [0.15, 0.2) is 64.3 Å². The maximum atomic E-state index is 12.6. The van der Waals surface area contributed by atoms with Crippen molar-refractivity contribution >= 4 is 39.7 Å². The molecule has 4 rings (SSSR count). The first-order valence-corrected chi connectivity index (χ1v) is 10.8. The van der Waals surface area contributed by atoms with Crippen molar-refractivity contribution in [2.45, 2.75) is 24.5 Å². The standard InChI is InChI=1S/C21H18N4O2S2/c1-13-7-9-15(10-8-13)20(27)23-17-5-3-4-6-18(17)28-12-16-11-19(26)25-21(22-16)29-14(2)24-25/h3-11H,12H2,1-2H3,(H,23,27). The molecule has 0 atom stereocenters. The van der Waals surface area contributed by atoms with Gasteiger partial charge in [0, 0.05) is 22.3 Å². The average molecular weight is 423 g/mol. The number of carbonyl (C=O) groups excluding carboxylic acids is 1. The Bertz CT molecular complexity index is 1250.